The summed E-state index contributed by atoms with van der Waals surface area (Å²) in [4.78, 5) is 24.5. The van der Waals surface area contributed by atoms with E-state index in [1.807, 2.05) is 44.2 Å². The van der Waals surface area contributed by atoms with E-state index in [1.54, 1.807) is 27.0 Å². The first kappa shape index (κ1) is 21.5. The van der Waals surface area contributed by atoms with Crippen LogP contribution in [0.1, 0.15) is 46.6 Å². The zero-order valence-electron chi connectivity index (χ0n) is 17.1. The summed E-state index contributed by atoms with van der Waals surface area (Å²) in [6.07, 6.45) is 3.35. The number of hydrogen-bond donors (Lipinski definition) is 2. The Labute approximate surface area is 166 Å². The standard InChI is InChI=1S/C21H29N3O4/c1-14(2)10-17(23-20(26)28-21(3,4)5)19(25)24-22-12-15-11-16-8-6-7-9-18(16)27-13-15/h6-9,11-12,14,17H,10,13H2,1-5H3,(H,23,26)(H,24,25)/b22-12+/t17-/m0/s1. The van der Waals surface area contributed by atoms with Crippen molar-refractivity contribution in [2.75, 3.05) is 6.61 Å². The van der Waals surface area contributed by atoms with Gasteiger partial charge in [0.15, 0.2) is 0 Å². The number of nitrogens with one attached hydrogen (secondary N) is 2. The number of carbonyl (C=O) groups excluding carboxylic acids is 2. The Morgan fingerprint density at radius 1 is 1.29 bits per heavy atom. The van der Waals surface area contributed by atoms with Gasteiger partial charge in [-0.2, -0.15) is 5.10 Å². The van der Waals surface area contributed by atoms with E-state index in [0.717, 1.165) is 16.9 Å². The average molecular weight is 387 g/mol. The van der Waals surface area contributed by atoms with E-state index in [1.165, 1.54) is 0 Å². The van der Waals surface area contributed by atoms with Gasteiger partial charge in [-0.05, 0) is 45.3 Å². The van der Waals surface area contributed by atoms with E-state index in [4.69, 9.17) is 9.47 Å². The van der Waals surface area contributed by atoms with Crippen LogP contribution in [0.15, 0.2) is 34.9 Å². The number of para-hydroxylation sites is 1. The first-order valence-electron chi connectivity index (χ1n) is 9.39. The third-order valence-electron chi connectivity index (χ3n) is 3.77. The predicted octanol–water partition coefficient (Wildman–Crippen LogP) is 3.50. The largest absolute Gasteiger partial charge is 0.488 e. The second-order valence-electron chi connectivity index (χ2n) is 8.11. The first-order chi connectivity index (χ1) is 13.1. The van der Waals surface area contributed by atoms with Crippen molar-refractivity contribution in [2.24, 2.45) is 11.0 Å². The quantitative estimate of drug-likeness (QED) is 0.577. The van der Waals surface area contributed by atoms with Gasteiger partial charge in [0.05, 0.1) is 6.21 Å². The first-order valence-corrected chi connectivity index (χ1v) is 9.39. The molecule has 2 rings (SSSR count). The molecule has 1 aromatic carbocycles. The molecule has 28 heavy (non-hydrogen) atoms. The van der Waals surface area contributed by atoms with Crippen molar-refractivity contribution >= 4 is 24.3 Å². The van der Waals surface area contributed by atoms with Gasteiger partial charge in [-0.25, -0.2) is 10.2 Å². The number of carbonyl (C=O) groups is 2. The van der Waals surface area contributed by atoms with Crippen molar-refractivity contribution in [1.29, 1.82) is 0 Å². The van der Waals surface area contributed by atoms with Crippen molar-refractivity contribution < 1.29 is 19.1 Å². The lowest BCUT2D eigenvalue weighted by Gasteiger charge is -2.23. The molecule has 0 aromatic heterocycles. The smallest absolute Gasteiger partial charge is 0.408 e. The van der Waals surface area contributed by atoms with Gasteiger partial charge in [-0.3, -0.25) is 4.79 Å². The SMILES string of the molecule is CC(C)C[C@H](NC(=O)OC(C)(C)C)C(=O)N/N=C/C1=Cc2ccccc2OC1. The van der Waals surface area contributed by atoms with Crippen LogP contribution in [0.25, 0.3) is 6.08 Å². The van der Waals surface area contributed by atoms with Gasteiger partial charge in [0.1, 0.15) is 24.0 Å². The topological polar surface area (TPSA) is 89.0 Å². The van der Waals surface area contributed by atoms with Crippen LogP contribution in [0.4, 0.5) is 4.79 Å². The second-order valence-corrected chi connectivity index (χ2v) is 8.11. The van der Waals surface area contributed by atoms with Crippen LogP contribution in [-0.4, -0.2) is 36.5 Å². The Morgan fingerprint density at radius 2 is 2.00 bits per heavy atom. The number of amides is 2. The monoisotopic (exact) mass is 387 g/mol. The minimum Gasteiger partial charge on any atom is -0.488 e. The fraction of sp³-hybridized carbons (Fsp3) is 0.476. The highest BCUT2D eigenvalue weighted by Gasteiger charge is 2.25. The number of benzene rings is 1. The molecule has 2 amide bonds. The summed E-state index contributed by atoms with van der Waals surface area (Å²) < 4.78 is 10.9. The fourth-order valence-electron chi connectivity index (χ4n) is 2.62. The lowest BCUT2D eigenvalue weighted by atomic mass is 10.0. The molecule has 0 spiro atoms. The molecule has 1 aromatic rings. The predicted molar refractivity (Wildman–Crippen MR) is 109 cm³/mol. The molecular formula is C21H29N3O4. The Morgan fingerprint density at radius 3 is 2.68 bits per heavy atom. The molecule has 1 aliphatic rings. The van der Waals surface area contributed by atoms with Gasteiger partial charge in [-0.1, -0.05) is 32.0 Å². The van der Waals surface area contributed by atoms with Crippen LogP contribution in [0.5, 0.6) is 5.75 Å². The molecule has 152 valence electrons. The molecule has 0 fully saturated rings. The summed E-state index contributed by atoms with van der Waals surface area (Å²) in [7, 11) is 0. The zero-order valence-corrected chi connectivity index (χ0v) is 17.1. The maximum absolute atomic E-state index is 12.5. The normalized spacial score (nSPS) is 14.7. The van der Waals surface area contributed by atoms with E-state index < -0.39 is 23.6 Å². The van der Waals surface area contributed by atoms with Crippen LogP contribution >= 0.6 is 0 Å². The molecule has 0 aliphatic carbocycles. The van der Waals surface area contributed by atoms with Gasteiger partial charge < -0.3 is 14.8 Å². The molecule has 1 atom stereocenters. The highest BCUT2D eigenvalue weighted by Crippen LogP contribution is 2.24. The van der Waals surface area contributed by atoms with E-state index in [-0.39, 0.29) is 5.92 Å². The summed E-state index contributed by atoms with van der Waals surface area (Å²) in [5.41, 5.74) is 3.65. The second kappa shape index (κ2) is 9.39. The molecule has 1 heterocycles. The summed E-state index contributed by atoms with van der Waals surface area (Å²) in [6, 6.07) is 6.96. The summed E-state index contributed by atoms with van der Waals surface area (Å²) in [6.45, 7) is 9.64. The minimum absolute atomic E-state index is 0.209. The Hall–Kier alpha value is -2.83. The maximum Gasteiger partial charge on any atom is 0.408 e. The molecule has 7 heteroatoms. The Kier molecular flexibility index (Phi) is 7.20. The highest BCUT2D eigenvalue weighted by atomic mass is 16.6. The molecule has 7 nitrogen and oxygen atoms in total. The fourth-order valence-corrected chi connectivity index (χ4v) is 2.62. The molecule has 0 saturated carbocycles. The zero-order chi connectivity index (χ0) is 20.7. The number of hydrogen-bond acceptors (Lipinski definition) is 5. The van der Waals surface area contributed by atoms with E-state index in [0.29, 0.717) is 13.0 Å². The Bertz CT molecular complexity index is 763. The molecule has 0 bridgehead atoms. The molecule has 0 saturated heterocycles. The molecule has 0 radical (unpaired) electrons. The van der Waals surface area contributed by atoms with Gasteiger partial charge in [-0.15, -0.1) is 0 Å². The maximum atomic E-state index is 12.5. The molecule has 2 N–H and O–H groups in total. The van der Waals surface area contributed by atoms with Crippen LogP contribution < -0.4 is 15.5 Å². The molecule has 1 aliphatic heterocycles. The van der Waals surface area contributed by atoms with E-state index >= 15 is 0 Å². The van der Waals surface area contributed by atoms with Gasteiger partial charge in [0.2, 0.25) is 0 Å². The summed E-state index contributed by atoms with van der Waals surface area (Å²) in [5, 5.41) is 6.63. The minimum atomic E-state index is -0.732. The number of ether oxygens (including phenoxy) is 2. The number of hydrazone groups is 1. The molecule has 0 unspecified atom stereocenters. The van der Waals surface area contributed by atoms with E-state index in [2.05, 4.69) is 15.8 Å². The highest BCUT2D eigenvalue weighted by molar-refractivity contribution is 5.90. The van der Waals surface area contributed by atoms with Gasteiger partial charge >= 0.3 is 6.09 Å². The number of fused-ring (bicyclic) bond motifs is 1. The van der Waals surface area contributed by atoms with Crippen molar-refractivity contribution in [1.82, 2.24) is 10.7 Å². The molecular weight excluding hydrogens is 358 g/mol. The van der Waals surface area contributed by atoms with Crippen molar-refractivity contribution in [3.05, 3.63) is 35.4 Å². The number of rotatable bonds is 6. The van der Waals surface area contributed by atoms with Crippen LogP contribution in [0.2, 0.25) is 0 Å². The van der Waals surface area contributed by atoms with Gasteiger partial charge in [0, 0.05) is 11.1 Å². The van der Waals surface area contributed by atoms with Crippen LogP contribution in [0, 0.1) is 5.92 Å². The summed E-state index contributed by atoms with van der Waals surface area (Å²) in [5.74, 6) is 0.636. The number of nitrogens with zero attached hydrogens (tertiary/aromatic N) is 1. The van der Waals surface area contributed by atoms with Crippen LogP contribution in [0.3, 0.4) is 0 Å². The third kappa shape index (κ3) is 7.06. The lowest BCUT2D eigenvalue weighted by Crippen LogP contribution is -2.47. The van der Waals surface area contributed by atoms with Crippen molar-refractivity contribution in [3.63, 3.8) is 0 Å². The van der Waals surface area contributed by atoms with E-state index in [9.17, 15) is 9.59 Å². The van der Waals surface area contributed by atoms with Crippen molar-refractivity contribution in [3.8, 4) is 5.75 Å². The lowest BCUT2D eigenvalue weighted by molar-refractivity contribution is -0.123. The van der Waals surface area contributed by atoms with Crippen molar-refractivity contribution in [2.45, 2.75) is 52.7 Å². The number of alkyl carbamates (subject to hydrolysis) is 1. The average Bonchev–Trinajstić information content (AvgIpc) is 2.59. The Balaban J connectivity index is 1.96. The van der Waals surface area contributed by atoms with Gasteiger partial charge in [0.25, 0.3) is 5.91 Å². The van der Waals surface area contributed by atoms with Crippen LogP contribution in [-0.2, 0) is 9.53 Å². The third-order valence-corrected chi connectivity index (χ3v) is 3.77. The summed E-state index contributed by atoms with van der Waals surface area (Å²) >= 11 is 0.